The highest BCUT2D eigenvalue weighted by Gasteiger charge is 2.17. The number of nitrogens with one attached hydrogen (secondary N) is 2. The molecule has 0 spiro atoms. The third-order valence-corrected chi connectivity index (χ3v) is 7.81. The number of benzene rings is 2. The summed E-state index contributed by atoms with van der Waals surface area (Å²) in [7, 11) is 0. The second kappa shape index (κ2) is 8.89. The van der Waals surface area contributed by atoms with Crippen molar-refractivity contribution in [3.05, 3.63) is 65.9 Å². The van der Waals surface area contributed by atoms with Gasteiger partial charge in [0.1, 0.15) is 0 Å². The molecule has 3 nitrogen and oxygen atoms in total. The Labute approximate surface area is 168 Å². The molecule has 1 amide bonds. The fraction of sp³-hybridized carbons (Fsp3) is 0.318. The molecule has 0 radical (unpaired) electrons. The van der Waals surface area contributed by atoms with Gasteiger partial charge in [0.05, 0.1) is 4.58 Å². The molecule has 1 saturated heterocycles. The fourth-order valence-electron chi connectivity index (χ4n) is 3.44. The van der Waals surface area contributed by atoms with Gasteiger partial charge in [-0.1, -0.05) is 30.3 Å². The number of carbonyl (C=O) groups excluding carboxylic acids is 1. The van der Waals surface area contributed by atoms with Gasteiger partial charge in [-0.05, 0) is 60.1 Å². The van der Waals surface area contributed by atoms with Crippen LogP contribution in [0.4, 0.5) is 5.69 Å². The van der Waals surface area contributed by atoms with Gasteiger partial charge in [-0.2, -0.15) is 0 Å². The molecule has 3 aromatic rings. The van der Waals surface area contributed by atoms with Crippen LogP contribution < -0.4 is 5.32 Å². The molecule has 0 bridgehead atoms. The lowest BCUT2D eigenvalue weighted by Gasteiger charge is -2.21. The first-order chi connectivity index (χ1) is 13.3. The number of fused-ring (bicyclic) bond motifs is 1. The standard InChI is InChI=1S/C22H24N2OS2/c25-21(11-4-7-17-15-23-20-10-2-1-9-19(17)20)24-18-8-3-6-16(14-18)22-26-12-5-13-27-22/h1-3,6,8-10,14-15,22-23H,4-5,7,11-13H2,(H,24,25). The van der Waals surface area contributed by atoms with Crippen molar-refractivity contribution in [3.63, 3.8) is 0 Å². The van der Waals surface area contributed by atoms with Crippen LogP contribution in [0.3, 0.4) is 0 Å². The normalized spacial score (nSPS) is 15.1. The third-order valence-electron chi connectivity index (χ3n) is 4.79. The van der Waals surface area contributed by atoms with E-state index >= 15 is 0 Å². The van der Waals surface area contributed by atoms with Crippen LogP contribution in [0, 0.1) is 0 Å². The number of aromatic amines is 1. The molecule has 1 aromatic heterocycles. The largest absolute Gasteiger partial charge is 0.361 e. The van der Waals surface area contributed by atoms with Crippen LogP contribution in [-0.2, 0) is 11.2 Å². The summed E-state index contributed by atoms with van der Waals surface area (Å²) in [5.41, 5.74) is 4.66. The van der Waals surface area contributed by atoms with Gasteiger partial charge in [-0.25, -0.2) is 0 Å². The van der Waals surface area contributed by atoms with E-state index in [1.165, 1.54) is 34.4 Å². The summed E-state index contributed by atoms with van der Waals surface area (Å²) in [5.74, 6) is 2.54. The molecule has 1 aliphatic rings. The van der Waals surface area contributed by atoms with Crippen molar-refractivity contribution in [2.75, 3.05) is 16.8 Å². The Kier molecular flexibility index (Phi) is 6.10. The first-order valence-corrected chi connectivity index (χ1v) is 11.6. The van der Waals surface area contributed by atoms with E-state index in [1.807, 2.05) is 41.7 Å². The third kappa shape index (κ3) is 4.71. The van der Waals surface area contributed by atoms with Gasteiger partial charge in [0.2, 0.25) is 5.91 Å². The molecule has 0 unspecified atom stereocenters. The lowest BCUT2D eigenvalue weighted by atomic mass is 10.1. The maximum atomic E-state index is 12.4. The Hall–Kier alpha value is -1.85. The first-order valence-electron chi connectivity index (χ1n) is 9.47. The predicted molar refractivity (Wildman–Crippen MR) is 119 cm³/mol. The number of thioether (sulfide) groups is 2. The highest BCUT2D eigenvalue weighted by Crippen LogP contribution is 2.44. The maximum absolute atomic E-state index is 12.4. The van der Waals surface area contributed by atoms with Crippen LogP contribution in [0.25, 0.3) is 10.9 Å². The lowest BCUT2D eigenvalue weighted by Crippen LogP contribution is -2.12. The molecule has 0 saturated carbocycles. The molecule has 140 valence electrons. The Bertz CT molecular complexity index is 915. The molecule has 2 heterocycles. The van der Waals surface area contributed by atoms with Crippen molar-refractivity contribution in [2.24, 2.45) is 0 Å². The number of rotatable bonds is 6. The number of anilines is 1. The zero-order chi connectivity index (χ0) is 18.5. The van der Waals surface area contributed by atoms with Crippen LogP contribution >= 0.6 is 23.5 Å². The van der Waals surface area contributed by atoms with Crippen molar-refractivity contribution in [1.82, 2.24) is 4.98 Å². The molecule has 0 aliphatic carbocycles. The number of aryl methyl sites for hydroxylation is 1. The molecule has 1 aliphatic heterocycles. The minimum Gasteiger partial charge on any atom is -0.361 e. The SMILES string of the molecule is O=C(CCCc1c[nH]c2ccccc12)Nc1cccc(C2SCCCS2)c1. The van der Waals surface area contributed by atoms with Crippen LogP contribution in [0.5, 0.6) is 0 Å². The molecular weight excluding hydrogens is 372 g/mol. The van der Waals surface area contributed by atoms with E-state index in [0.29, 0.717) is 11.0 Å². The number of amides is 1. The average Bonchev–Trinajstić information content (AvgIpc) is 3.12. The van der Waals surface area contributed by atoms with Gasteiger partial charge >= 0.3 is 0 Å². The summed E-state index contributed by atoms with van der Waals surface area (Å²) >= 11 is 4.01. The van der Waals surface area contributed by atoms with Gasteiger partial charge in [-0.15, -0.1) is 23.5 Å². The summed E-state index contributed by atoms with van der Waals surface area (Å²) in [6, 6.07) is 16.6. The fourth-order valence-corrected chi connectivity index (χ4v) is 6.32. The highest BCUT2D eigenvalue weighted by molar-refractivity contribution is 8.16. The molecular formula is C22H24N2OS2. The summed E-state index contributed by atoms with van der Waals surface area (Å²) in [6.45, 7) is 0. The molecule has 2 N–H and O–H groups in total. The number of aromatic nitrogens is 1. The van der Waals surface area contributed by atoms with E-state index in [0.717, 1.165) is 24.0 Å². The van der Waals surface area contributed by atoms with E-state index in [1.54, 1.807) is 0 Å². The highest BCUT2D eigenvalue weighted by atomic mass is 32.2. The van der Waals surface area contributed by atoms with Crippen LogP contribution in [0.15, 0.2) is 54.7 Å². The van der Waals surface area contributed by atoms with Crippen LogP contribution in [0.2, 0.25) is 0 Å². The molecule has 27 heavy (non-hydrogen) atoms. The summed E-state index contributed by atoms with van der Waals surface area (Å²) in [5, 5.41) is 4.33. The van der Waals surface area contributed by atoms with Gasteiger partial charge in [-0.3, -0.25) is 4.79 Å². The molecule has 5 heteroatoms. The monoisotopic (exact) mass is 396 g/mol. The second-order valence-corrected chi connectivity index (χ2v) is 9.54. The second-order valence-electron chi connectivity index (χ2n) is 6.81. The predicted octanol–water partition coefficient (Wildman–Crippen LogP) is 6.00. The Morgan fingerprint density at radius 1 is 1.11 bits per heavy atom. The number of H-pyrrole nitrogens is 1. The number of para-hydroxylation sites is 1. The zero-order valence-corrected chi connectivity index (χ0v) is 16.9. The number of hydrogen-bond donors (Lipinski definition) is 2. The van der Waals surface area contributed by atoms with Crippen molar-refractivity contribution >= 4 is 46.0 Å². The summed E-state index contributed by atoms with van der Waals surface area (Å²) < 4.78 is 0.498. The van der Waals surface area contributed by atoms with E-state index in [4.69, 9.17) is 0 Å². The van der Waals surface area contributed by atoms with Gasteiger partial charge in [0, 0.05) is 29.2 Å². The lowest BCUT2D eigenvalue weighted by molar-refractivity contribution is -0.116. The van der Waals surface area contributed by atoms with Crippen LogP contribution in [0.1, 0.15) is 35.0 Å². The minimum absolute atomic E-state index is 0.0935. The van der Waals surface area contributed by atoms with Crippen LogP contribution in [-0.4, -0.2) is 22.4 Å². The number of carbonyl (C=O) groups is 1. The van der Waals surface area contributed by atoms with Crippen molar-refractivity contribution in [2.45, 2.75) is 30.3 Å². The Morgan fingerprint density at radius 3 is 2.85 bits per heavy atom. The first kappa shape index (κ1) is 18.5. The molecule has 2 aromatic carbocycles. The molecule has 4 rings (SSSR count). The summed E-state index contributed by atoms with van der Waals surface area (Å²) in [6.07, 6.45) is 5.65. The molecule has 1 fully saturated rings. The van der Waals surface area contributed by atoms with Gasteiger partial charge < -0.3 is 10.3 Å². The van der Waals surface area contributed by atoms with E-state index in [9.17, 15) is 4.79 Å². The smallest absolute Gasteiger partial charge is 0.224 e. The van der Waals surface area contributed by atoms with Crippen molar-refractivity contribution in [1.29, 1.82) is 0 Å². The van der Waals surface area contributed by atoms with Gasteiger partial charge in [0.25, 0.3) is 0 Å². The van der Waals surface area contributed by atoms with Gasteiger partial charge in [0.15, 0.2) is 0 Å². The van der Waals surface area contributed by atoms with E-state index in [-0.39, 0.29) is 5.91 Å². The van der Waals surface area contributed by atoms with E-state index < -0.39 is 0 Å². The minimum atomic E-state index is 0.0935. The zero-order valence-electron chi connectivity index (χ0n) is 15.2. The van der Waals surface area contributed by atoms with Crippen molar-refractivity contribution < 1.29 is 4.79 Å². The Balaban J connectivity index is 1.30. The summed E-state index contributed by atoms with van der Waals surface area (Å²) in [4.78, 5) is 15.7. The topological polar surface area (TPSA) is 44.9 Å². The number of hydrogen-bond acceptors (Lipinski definition) is 3. The maximum Gasteiger partial charge on any atom is 0.224 e. The average molecular weight is 397 g/mol. The molecule has 0 atom stereocenters. The quantitative estimate of drug-likeness (QED) is 0.537. The van der Waals surface area contributed by atoms with E-state index in [2.05, 4.69) is 46.8 Å². The van der Waals surface area contributed by atoms with Crippen molar-refractivity contribution in [3.8, 4) is 0 Å². The Morgan fingerprint density at radius 2 is 1.96 bits per heavy atom.